The molecule has 5 unspecified atom stereocenters. The molecule has 0 saturated carbocycles. The van der Waals surface area contributed by atoms with Crippen molar-refractivity contribution in [3.8, 4) is 0 Å². The average molecular weight is 284 g/mol. The summed E-state index contributed by atoms with van der Waals surface area (Å²) in [5.41, 5.74) is 0. The summed E-state index contributed by atoms with van der Waals surface area (Å²) in [4.78, 5) is 4.84. The zero-order chi connectivity index (χ0) is 14.7. The minimum absolute atomic E-state index is 0.254. The highest BCUT2D eigenvalue weighted by molar-refractivity contribution is 4.83. The second-order valence-electron chi connectivity index (χ2n) is 6.96. The van der Waals surface area contributed by atoms with Gasteiger partial charge in [0.1, 0.15) is 0 Å². The zero-order valence-electron chi connectivity index (χ0n) is 13.6. The Hall–Kier alpha value is -0.160. The van der Waals surface area contributed by atoms with Gasteiger partial charge in [0.2, 0.25) is 0 Å². The maximum Gasteiger partial charge on any atom is 0.0794 e. The van der Waals surface area contributed by atoms with E-state index >= 15 is 0 Å². The molecule has 0 radical (unpaired) electrons. The molecule has 5 atom stereocenters. The molecule has 0 bridgehead atoms. The van der Waals surface area contributed by atoms with Crippen LogP contribution < -0.4 is 0 Å². The number of nitrogens with zero attached hydrogens (tertiary/aromatic N) is 2. The van der Waals surface area contributed by atoms with Gasteiger partial charge in [-0.2, -0.15) is 0 Å². The van der Waals surface area contributed by atoms with E-state index in [9.17, 15) is 5.11 Å². The molecule has 4 nitrogen and oxygen atoms in total. The van der Waals surface area contributed by atoms with Gasteiger partial charge in [-0.05, 0) is 40.5 Å². The Bertz CT molecular complexity index is 280. The first-order valence-corrected chi connectivity index (χ1v) is 8.27. The first-order valence-electron chi connectivity index (χ1n) is 8.27. The number of hydrogen-bond acceptors (Lipinski definition) is 4. The molecule has 2 aliphatic rings. The number of piperidine rings is 1. The number of ether oxygens (including phenoxy) is 1. The summed E-state index contributed by atoms with van der Waals surface area (Å²) in [6.07, 6.45) is 4.16. The van der Waals surface area contributed by atoms with Crippen LogP contribution >= 0.6 is 0 Å². The zero-order valence-corrected chi connectivity index (χ0v) is 13.6. The largest absolute Gasteiger partial charge is 0.390 e. The first kappa shape index (κ1) is 16.2. The number of β-amino-alcohol motifs (C(OH)–C–C–N with tert-alkyl or cyclic N) is 1. The van der Waals surface area contributed by atoms with Crippen molar-refractivity contribution < 1.29 is 9.84 Å². The number of likely N-dealkylation sites (tertiary alicyclic amines) is 1. The molecule has 2 rings (SSSR count). The summed E-state index contributed by atoms with van der Waals surface area (Å²) in [7, 11) is 0. The molecule has 0 amide bonds. The number of rotatable bonds is 4. The van der Waals surface area contributed by atoms with Crippen LogP contribution in [0, 0.1) is 0 Å². The highest BCUT2D eigenvalue weighted by Crippen LogP contribution is 2.22. The van der Waals surface area contributed by atoms with Gasteiger partial charge < -0.3 is 9.84 Å². The summed E-state index contributed by atoms with van der Waals surface area (Å²) in [5.74, 6) is 0. The Balaban J connectivity index is 1.80. The number of hydrogen-bond donors (Lipinski definition) is 1. The van der Waals surface area contributed by atoms with Gasteiger partial charge in [0, 0.05) is 38.3 Å². The smallest absolute Gasteiger partial charge is 0.0794 e. The van der Waals surface area contributed by atoms with E-state index in [1.165, 1.54) is 19.3 Å². The fourth-order valence-electron chi connectivity index (χ4n) is 3.87. The van der Waals surface area contributed by atoms with Gasteiger partial charge in [0.25, 0.3) is 0 Å². The Labute approximate surface area is 124 Å². The number of aliphatic hydroxyl groups excluding tert-OH is 1. The molecule has 1 N–H and O–H groups in total. The summed E-state index contributed by atoms with van der Waals surface area (Å²) in [6.45, 7) is 12.3. The molecule has 20 heavy (non-hydrogen) atoms. The fraction of sp³-hybridized carbons (Fsp3) is 1.00. The molecule has 4 heteroatoms. The molecule has 0 aliphatic carbocycles. The topological polar surface area (TPSA) is 35.9 Å². The molecule has 2 saturated heterocycles. The first-order chi connectivity index (χ1) is 9.45. The minimum atomic E-state index is -0.254. The van der Waals surface area contributed by atoms with Crippen molar-refractivity contribution in [3.63, 3.8) is 0 Å². The van der Waals surface area contributed by atoms with E-state index in [1.807, 2.05) is 0 Å². The standard InChI is InChI=1S/C16H32N2O2/c1-12-6-5-7-13(2)18(12)11-16(19)10-17-8-14(3)20-15(4)9-17/h12-16,19H,5-11H2,1-4H3. The fourth-order valence-corrected chi connectivity index (χ4v) is 3.87. The molecule has 0 aromatic rings. The lowest BCUT2D eigenvalue weighted by Gasteiger charge is -2.41. The monoisotopic (exact) mass is 284 g/mol. The molecule has 0 aromatic carbocycles. The third-order valence-electron chi connectivity index (χ3n) is 4.76. The molecule has 2 aliphatic heterocycles. The van der Waals surface area contributed by atoms with Crippen molar-refractivity contribution in [2.75, 3.05) is 26.2 Å². The van der Waals surface area contributed by atoms with E-state index in [0.29, 0.717) is 12.1 Å². The molecule has 118 valence electrons. The summed E-state index contributed by atoms with van der Waals surface area (Å²) in [6, 6.07) is 1.21. The highest BCUT2D eigenvalue weighted by atomic mass is 16.5. The predicted octanol–water partition coefficient (Wildman–Crippen LogP) is 1.72. The average Bonchev–Trinajstić information content (AvgIpc) is 2.32. The Morgan fingerprint density at radius 3 is 2.10 bits per heavy atom. The lowest BCUT2D eigenvalue weighted by Crippen LogP contribution is -2.52. The van der Waals surface area contributed by atoms with Gasteiger partial charge >= 0.3 is 0 Å². The van der Waals surface area contributed by atoms with Crippen molar-refractivity contribution in [1.29, 1.82) is 0 Å². The predicted molar refractivity (Wildman–Crippen MR) is 81.9 cm³/mol. The Kier molecular flexibility index (Phi) is 5.84. The highest BCUT2D eigenvalue weighted by Gasteiger charge is 2.28. The lowest BCUT2D eigenvalue weighted by molar-refractivity contribution is -0.0799. The third kappa shape index (κ3) is 4.42. The van der Waals surface area contributed by atoms with Crippen molar-refractivity contribution in [2.24, 2.45) is 0 Å². The van der Waals surface area contributed by atoms with Crippen molar-refractivity contribution in [3.05, 3.63) is 0 Å². The molecule has 2 fully saturated rings. The molecule has 0 spiro atoms. The third-order valence-corrected chi connectivity index (χ3v) is 4.76. The van der Waals surface area contributed by atoms with Gasteiger partial charge in [-0.3, -0.25) is 9.80 Å². The maximum absolute atomic E-state index is 10.4. The van der Waals surface area contributed by atoms with Crippen LogP contribution in [0.4, 0.5) is 0 Å². The van der Waals surface area contributed by atoms with Gasteiger partial charge in [0.15, 0.2) is 0 Å². The second kappa shape index (κ2) is 7.21. The van der Waals surface area contributed by atoms with Crippen molar-refractivity contribution >= 4 is 0 Å². The second-order valence-corrected chi connectivity index (χ2v) is 6.96. The van der Waals surface area contributed by atoms with E-state index < -0.39 is 0 Å². The van der Waals surface area contributed by atoms with E-state index in [0.717, 1.165) is 26.2 Å². The van der Waals surface area contributed by atoms with E-state index in [1.54, 1.807) is 0 Å². The van der Waals surface area contributed by atoms with Crippen LogP contribution in [0.3, 0.4) is 0 Å². The summed E-state index contributed by atoms with van der Waals surface area (Å²) < 4.78 is 5.75. The van der Waals surface area contributed by atoms with E-state index in [-0.39, 0.29) is 18.3 Å². The van der Waals surface area contributed by atoms with Crippen LogP contribution in [0.2, 0.25) is 0 Å². The van der Waals surface area contributed by atoms with Gasteiger partial charge in [-0.25, -0.2) is 0 Å². The summed E-state index contributed by atoms with van der Waals surface area (Å²) in [5, 5.41) is 10.4. The van der Waals surface area contributed by atoms with Crippen LogP contribution in [0.1, 0.15) is 47.0 Å². The Morgan fingerprint density at radius 2 is 1.55 bits per heavy atom. The van der Waals surface area contributed by atoms with Crippen LogP contribution in [0.25, 0.3) is 0 Å². The molecule has 0 aromatic heterocycles. The van der Waals surface area contributed by atoms with Gasteiger partial charge in [0.05, 0.1) is 18.3 Å². The molecule has 2 heterocycles. The van der Waals surface area contributed by atoms with Crippen LogP contribution in [0.15, 0.2) is 0 Å². The number of morpholine rings is 1. The maximum atomic E-state index is 10.4. The van der Waals surface area contributed by atoms with E-state index in [4.69, 9.17) is 4.74 Å². The van der Waals surface area contributed by atoms with Crippen LogP contribution in [-0.4, -0.2) is 71.5 Å². The minimum Gasteiger partial charge on any atom is -0.390 e. The number of aliphatic hydroxyl groups is 1. The van der Waals surface area contributed by atoms with Crippen molar-refractivity contribution in [2.45, 2.75) is 77.4 Å². The van der Waals surface area contributed by atoms with Crippen LogP contribution in [-0.2, 0) is 4.74 Å². The van der Waals surface area contributed by atoms with Crippen LogP contribution in [0.5, 0.6) is 0 Å². The van der Waals surface area contributed by atoms with E-state index in [2.05, 4.69) is 37.5 Å². The molecular weight excluding hydrogens is 252 g/mol. The summed E-state index contributed by atoms with van der Waals surface area (Å²) >= 11 is 0. The SMILES string of the molecule is CC1CN(CC(O)CN2C(C)CCCC2C)CC(C)O1. The van der Waals surface area contributed by atoms with Gasteiger partial charge in [-0.1, -0.05) is 6.42 Å². The molecular formula is C16H32N2O2. The quantitative estimate of drug-likeness (QED) is 0.853. The normalized spacial score (nSPS) is 38.9. The van der Waals surface area contributed by atoms with Gasteiger partial charge in [-0.15, -0.1) is 0 Å². The lowest BCUT2D eigenvalue weighted by atomic mass is 9.97. The van der Waals surface area contributed by atoms with Crippen molar-refractivity contribution in [1.82, 2.24) is 9.80 Å². The Morgan fingerprint density at radius 1 is 1.00 bits per heavy atom.